The van der Waals surface area contributed by atoms with Gasteiger partial charge in [-0.15, -0.1) is 0 Å². The van der Waals surface area contributed by atoms with Gasteiger partial charge in [0.25, 0.3) is 0 Å². The number of nitrogens with one attached hydrogen (secondary N) is 1. The van der Waals surface area contributed by atoms with Crippen LogP contribution in [0.15, 0.2) is 53.5 Å². The average Bonchev–Trinajstić information content (AvgIpc) is 2.43. The van der Waals surface area contributed by atoms with Crippen molar-refractivity contribution in [2.75, 3.05) is 11.9 Å². The third kappa shape index (κ3) is 3.58. The van der Waals surface area contributed by atoms with E-state index in [9.17, 15) is 15.0 Å². The summed E-state index contributed by atoms with van der Waals surface area (Å²) in [6.45, 7) is -0.0946. The summed E-state index contributed by atoms with van der Waals surface area (Å²) < 4.78 is 0. The van der Waals surface area contributed by atoms with Gasteiger partial charge < -0.3 is 15.5 Å². The summed E-state index contributed by atoms with van der Waals surface area (Å²) in [4.78, 5) is 15.6. The summed E-state index contributed by atoms with van der Waals surface area (Å²) in [5.74, 6) is -0.235. The van der Waals surface area contributed by atoms with Crippen LogP contribution in [0, 0.1) is 0 Å². The van der Waals surface area contributed by atoms with Gasteiger partial charge in [-0.25, -0.2) is 0 Å². The summed E-state index contributed by atoms with van der Waals surface area (Å²) in [6.07, 6.45) is 1.43. The van der Waals surface area contributed by atoms with E-state index in [1.165, 1.54) is 12.3 Å². The smallest absolute Gasteiger partial charge is 0.246 e. The first-order chi connectivity index (χ1) is 9.66. The van der Waals surface area contributed by atoms with Crippen molar-refractivity contribution in [3.05, 3.63) is 54.1 Å². The first kappa shape index (κ1) is 13.6. The van der Waals surface area contributed by atoms with Crippen LogP contribution < -0.4 is 5.32 Å². The van der Waals surface area contributed by atoms with E-state index in [-0.39, 0.29) is 24.0 Å². The highest BCUT2D eigenvalue weighted by Crippen LogP contribution is 2.21. The lowest BCUT2D eigenvalue weighted by molar-refractivity contribution is -0.114. The average molecular weight is 270 g/mol. The van der Waals surface area contributed by atoms with Gasteiger partial charge in [-0.2, -0.15) is 0 Å². The molecule has 0 saturated heterocycles. The molecule has 0 fully saturated rings. The fourth-order valence-electron chi connectivity index (χ4n) is 1.59. The Balaban J connectivity index is 1.93. The van der Waals surface area contributed by atoms with Gasteiger partial charge in [0.2, 0.25) is 5.91 Å². The second-order valence-corrected chi connectivity index (χ2v) is 4.09. The van der Waals surface area contributed by atoms with Crippen molar-refractivity contribution in [1.29, 1.82) is 0 Å². The van der Waals surface area contributed by atoms with E-state index < -0.39 is 0 Å². The number of aliphatic imine (C=N–C) groups is 1. The number of anilines is 1. The van der Waals surface area contributed by atoms with E-state index in [2.05, 4.69) is 10.3 Å². The molecule has 0 aliphatic heterocycles. The lowest BCUT2D eigenvalue weighted by Crippen LogP contribution is -2.14. The molecule has 0 radical (unpaired) electrons. The van der Waals surface area contributed by atoms with Crippen molar-refractivity contribution in [3.8, 4) is 11.5 Å². The number of aromatic hydroxyl groups is 2. The first-order valence-corrected chi connectivity index (χ1v) is 6.02. The fraction of sp³-hybridized carbons (Fsp3) is 0.0667. The molecule has 0 aliphatic rings. The number of carbonyl (C=O) groups is 1. The Morgan fingerprint density at radius 2 is 1.70 bits per heavy atom. The lowest BCUT2D eigenvalue weighted by atomic mass is 10.2. The number of phenols is 2. The summed E-state index contributed by atoms with van der Waals surface area (Å²) in [7, 11) is 0. The maximum atomic E-state index is 11.6. The fourth-order valence-corrected chi connectivity index (χ4v) is 1.59. The predicted octanol–water partition coefficient (Wildman–Crippen LogP) is 2.16. The quantitative estimate of drug-likeness (QED) is 0.588. The third-order valence-corrected chi connectivity index (χ3v) is 2.58. The van der Waals surface area contributed by atoms with Crippen LogP contribution in [0.2, 0.25) is 0 Å². The lowest BCUT2D eigenvalue weighted by Gasteiger charge is -2.05. The molecular formula is C15H14N2O3. The van der Waals surface area contributed by atoms with Gasteiger partial charge in [0, 0.05) is 11.8 Å². The number of hydrogen-bond donors (Lipinski definition) is 3. The number of benzene rings is 2. The van der Waals surface area contributed by atoms with Gasteiger partial charge in [-0.1, -0.05) is 24.3 Å². The molecule has 2 rings (SSSR count). The molecule has 0 bridgehead atoms. The van der Waals surface area contributed by atoms with Crippen LogP contribution in [0.4, 0.5) is 5.69 Å². The molecule has 0 unspecified atom stereocenters. The molecule has 5 nitrogen and oxygen atoms in total. The molecule has 5 heteroatoms. The molecule has 1 amide bonds. The Hall–Kier alpha value is -2.82. The highest BCUT2D eigenvalue weighted by Gasteiger charge is 2.04. The number of carbonyl (C=O) groups excluding carboxylic acids is 1. The standard InChI is InChI=1S/C15H14N2O3/c18-13-7-3-1-5-11(13)9-16-10-15(20)17-12-6-2-4-8-14(12)19/h1-9,18-19H,10H2,(H,17,20). The van der Waals surface area contributed by atoms with E-state index in [4.69, 9.17) is 0 Å². The summed E-state index contributed by atoms with van der Waals surface area (Å²) in [6, 6.07) is 13.2. The number of rotatable bonds is 4. The molecule has 102 valence electrons. The van der Waals surface area contributed by atoms with Crippen molar-refractivity contribution in [3.63, 3.8) is 0 Å². The van der Waals surface area contributed by atoms with E-state index in [0.717, 1.165) is 0 Å². The largest absolute Gasteiger partial charge is 0.507 e. The molecule has 0 spiro atoms. The minimum absolute atomic E-state index is 0.00512. The van der Waals surface area contributed by atoms with Crippen LogP contribution >= 0.6 is 0 Å². The van der Waals surface area contributed by atoms with E-state index in [1.54, 1.807) is 42.5 Å². The number of para-hydroxylation sites is 3. The minimum Gasteiger partial charge on any atom is -0.507 e. The van der Waals surface area contributed by atoms with Gasteiger partial charge in [0.15, 0.2) is 0 Å². The molecule has 0 heterocycles. The van der Waals surface area contributed by atoms with Crippen LogP contribution in [0.1, 0.15) is 5.56 Å². The van der Waals surface area contributed by atoms with Gasteiger partial charge in [0.1, 0.15) is 18.0 Å². The molecule has 0 aliphatic carbocycles. The Morgan fingerprint density at radius 3 is 2.40 bits per heavy atom. The van der Waals surface area contributed by atoms with Crippen molar-refractivity contribution >= 4 is 17.8 Å². The second kappa shape index (κ2) is 6.38. The summed E-state index contributed by atoms with van der Waals surface area (Å²) in [5.41, 5.74) is 0.887. The Bertz CT molecular complexity index is 639. The Kier molecular flexibility index (Phi) is 4.34. The highest BCUT2D eigenvalue weighted by atomic mass is 16.3. The SMILES string of the molecule is O=C(CN=Cc1ccccc1O)Nc1ccccc1O. The van der Waals surface area contributed by atoms with E-state index in [0.29, 0.717) is 11.3 Å². The van der Waals surface area contributed by atoms with Crippen LogP contribution in [-0.4, -0.2) is 28.9 Å². The number of phenolic OH excluding ortho intramolecular Hbond substituents is 2. The molecule has 0 saturated carbocycles. The van der Waals surface area contributed by atoms with Crippen LogP contribution in [0.5, 0.6) is 11.5 Å². The first-order valence-electron chi connectivity index (χ1n) is 6.02. The Labute approximate surface area is 116 Å². The van der Waals surface area contributed by atoms with Crippen LogP contribution in [0.25, 0.3) is 0 Å². The molecule has 2 aromatic rings. The zero-order chi connectivity index (χ0) is 14.4. The maximum absolute atomic E-state index is 11.6. The topological polar surface area (TPSA) is 81.9 Å². The number of nitrogens with zero attached hydrogens (tertiary/aromatic N) is 1. The molecular weight excluding hydrogens is 256 g/mol. The van der Waals surface area contributed by atoms with Gasteiger partial charge in [-0.3, -0.25) is 9.79 Å². The molecule has 20 heavy (non-hydrogen) atoms. The number of amides is 1. The van der Waals surface area contributed by atoms with Crippen molar-refractivity contribution < 1.29 is 15.0 Å². The molecule has 2 aromatic carbocycles. The molecule has 3 N–H and O–H groups in total. The van der Waals surface area contributed by atoms with Crippen molar-refractivity contribution in [2.45, 2.75) is 0 Å². The minimum atomic E-state index is -0.349. The van der Waals surface area contributed by atoms with E-state index >= 15 is 0 Å². The second-order valence-electron chi connectivity index (χ2n) is 4.09. The Morgan fingerprint density at radius 1 is 1.05 bits per heavy atom. The normalized spacial score (nSPS) is 10.6. The van der Waals surface area contributed by atoms with E-state index in [1.807, 2.05) is 0 Å². The van der Waals surface area contributed by atoms with Crippen molar-refractivity contribution in [1.82, 2.24) is 0 Å². The third-order valence-electron chi connectivity index (χ3n) is 2.58. The van der Waals surface area contributed by atoms with Gasteiger partial charge in [0.05, 0.1) is 5.69 Å². The number of hydrogen-bond acceptors (Lipinski definition) is 4. The monoisotopic (exact) mass is 270 g/mol. The van der Waals surface area contributed by atoms with Crippen LogP contribution in [-0.2, 0) is 4.79 Å². The van der Waals surface area contributed by atoms with Gasteiger partial charge >= 0.3 is 0 Å². The predicted molar refractivity (Wildman–Crippen MR) is 77.3 cm³/mol. The maximum Gasteiger partial charge on any atom is 0.246 e. The van der Waals surface area contributed by atoms with Crippen LogP contribution in [0.3, 0.4) is 0 Å². The van der Waals surface area contributed by atoms with Crippen molar-refractivity contribution in [2.24, 2.45) is 4.99 Å². The zero-order valence-corrected chi connectivity index (χ0v) is 10.7. The zero-order valence-electron chi connectivity index (χ0n) is 10.7. The molecule has 0 aromatic heterocycles. The van der Waals surface area contributed by atoms with Gasteiger partial charge in [-0.05, 0) is 24.3 Å². The summed E-state index contributed by atoms with van der Waals surface area (Å²) in [5, 5.41) is 21.6. The molecule has 0 atom stereocenters. The summed E-state index contributed by atoms with van der Waals surface area (Å²) >= 11 is 0. The highest BCUT2D eigenvalue weighted by molar-refractivity contribution is 5.95.